The maximum Gasteiger partial charge on any atom is 0.244 e. The van der Waals surface area contributed by atoms with E-state index < -0.39 is 5.54 Å². The zero-order valence-corrected chi connectivity index (χ0v) is 12.9. The van der Waals surface area contributed by atoms with Crippen molar-refractivity contribution in [2.24, 2.45) is 11.1 Å². The third-order valence-electron chi connectivity index (χ3n) is 4.17. The molecule has 3 N–H and O–H groups in total. The van der Waals surface area contributed by atoms with E-state index in [1.165, 1.54) is 12.1 Å². The predicted molar refractivity (Wildman–Crippen MR) is 82.4 cm³/mol. The fourth-order valence-corrected chi connectivity index (χ4v) is 4.40. The van der Waals surface area contributed by atoms with Gasteiger partial charge in [-0.05, 0) is 48.3 Å². The third kappa shape index (κ3) is 2.64. The Labute approximate surface area is 123 Å². The summed E-state index contributed by atoms with van der Waals surface area (Å²) in [6.45, 7) is 5.90. The van der Waals surface area contributed by atoms with Gasteiger partial charge in [0, 0.05) is 11.4 Å². The Morgan fingerprint density at radius 2 is 2.10 bits per heavy atom. The predicted octanol–water partition coefficient (Wildman–Crippen LogP) is 2.93. The number of amides is 1. The summed E-state index contributed by atoms with van der Waals surface area (Å²) in [7, 11) is 0. The first-order valence-corrected chi connectivity index (χ1v) is 7.85. The van der Waals surface area contributed by atoms with E-state index in [0.29, 0.717) is 11.4 Å². The van der Waals surface area contributed by atoms with Crippen molar-refractivity contribution in [2.75, 3.05) is 16.8 Å². The zero-order valence-electron chi connectivity index (χ0n) is 12.1. The number of carbonyl (C=O) groups excluding carboxylic acids is 1. The van der Waals surface area contributed by atoms with Gasteiger partial charge in [0.1, 0.15) is 11.4 Å². The van der Waals surface area contributed by atoms with Crippen LogP contribution in [0.25, 0.3) is 0 Å². The second-order valence-corrected chi connectivity index (χ2v) is 7.20. The molecular formula is C15H21FN2OS. The first-order valence-electron chi connectivity index (χ1n) is 6.70. The van der Waals surface area contributed by atoms with Crippen molar-refractivity contribution >= 4 is 23.4 Å². The van der Waals surface area contributed by atoms with Gasteiger partial charge in [0.25, 0.3) is 0 Å². The molecule has 1 saturated heterocycles. The van der Waals surface area contributed by atoms with E-state index in [1.54, 1.807) is 11.8 Å². The zero-order chi connectivity index (χ0) is 15.0. The molecule has 1 atom stereocenters. The number of hydrogen-bond acceptors (Lipinski definition) is 3. The Bertz CT molecular complexity index is 512. The Morgan fingerprint density at radius 3 is 2.65 bits per heavy atom. The monoisotopic (exact) mass is 296 g/mol. The fourth-order valence-electron chi connectivity index (χ4n) is 2.69. The van der Waals surface area contributed by atoms with Gasteiger partial charge in [-0.3, -0.25) is 4.79 Å². The Hall–Kier alpha value is -1.23. The average Bonchev–Trinajstić information content (AvgIpc) is 2.30. The van der Waals surface area contributed by atoms with Crippen LogP contribution in [0.3, 0.4) is 0 Å². The van der Waals surface area contributed by atoms with Gasteiger partial charge in [0.15, 0.2) is 0 Å². The van der Waals surface area contributed by atoms with Crippen LogP contribution in [-0.4, -0.2) is 23.0 Å². The highest BCUT2D eigenvalue weighted by molar-refractivity contribution is 7.99. The largest absolute Gasteiger partial charge is 0.370 e. The Balaban J connectivity index is 2.41. The van der Waals surface area contributed by atoms with Crippen molar-refractivity contribution in [3.63, 3.8) is 0 Å². The third-order valence-corrected chi connectivity index (χ3v) is 5.30. The lowest BCUT2D eigenvalue weighted by Crippen LogP contribution is -2.63. The Morgan fingerprint density at radius 1 is 1.40 bits per heavy atom. The summed E-state index contributed by atoms with van der Waals surface area (Å²) in [5, 5.41) is 3.23. The molecule has 1 fully saturated rings. The van der Waals surface area contributed by atoms with Crippen LogP contribution in [0.2, 0.25) is 0 Å². The molecule has 0 aromatic heterocycles. The first kappa shape index (κ1) is 15.2. The average molecular weight is 296 g/mol. The second kappa shape index (κ2) is 5.28. The lowest BCUT2D eigenvalue weighted by molar-refractivity contribution is -0.125. The molecule has 20 heavy (non-hydrogen) atoms. The van der Waals surface area contributed by atoms with Crippen molar-refractivity contribution in [3.8, 4) is 0 Å². The SMILES string of the molecule is Cc1cc(F)cc(NC2(C(N)=O)CSCCC2(C)C)c1. The van der Waals surface area contributed by atoms with Gasteiger partial charge < -0.3 is 11.1 Å². The van der Waals surface area contributed by atoms with E-state index in [-0.39, 0.29) is 17.1 Å². The van der Waals surface area contributed by atoms with Gasteiger partial charge in [-0.2, -0.15) is 11.8 Å². The smallest absolute Gasteiger partial charge is 0.244 e. The number of carbonyl (C=O) groups is 1. The number of nitrogens with one attached hydrogen (secondary N) is 1. The number of benzene rings is 1. The molecule has 5 heteroatoms. The van der Waals surface area contributed by atoms with E-state index in [1.807, 2.05) is 26.8 Å². The molecule has 1 aliphatic heterocycles. The van der Waals surface area contributed by atoms with Gasteiger partial charge in [0.05, 0.1) is 0 Å². The molecule has 2 rings (SSSR count). The maximum atomic E-state index is 13.5. The molecule has 1 heterocycles. The molecule has 1 amide bonds. The van der Waals surface area contributed by atoms with Crippen LogP contribution in [0.5, 0.6) is 0 Å². The van der Waals surface area contributed by atoms with Crippen LogP contribution < -0.4 is 11.1 Å². The molecule has 1 aliphatic rings. The molecule has 0 spiro atoms. The fraction of sp³-hybridized carbons (Fsp3) is 0.533. The molecule has 0 aliphatic carbocycles. The molecular weight excluding hydrogens is 275 g/mol. The molecule has 1 aromatic rings. The van der Waals surface area contributed by atoms with Crippen LogP contribution in [0.4, 0.5) is 10.1 Å². The lowest BCUT2D eigenvalue weighted by atomic mass is 9.70. The minimum atomic E-state index is -0.851. The van der Waals surface area contributed by atoms with Crippen molar-refractivity contribution in [2.45, 2.75) is 32.7 Å². The van der Waals surface area contributed by atoms with E-state index in [9.17, 15) is 9.18 Å². The molecule has 0 bridgehead atoms. The highest BCUT2D eigenvalue weighted by Gasteiger charge is 2.51. The number of nitrogens with two attached hydrogens (primary N) is 1. The van der Waals surface area contributed by atoms with Crippen molar-refractivity contribution in [3.05, 3.63) is 29.6 Å². The molecule has 0 saturated carbocycles. The van der Waals surface area contributed by atoms with Gasteiger partial charge in [-0.1, -0.05) is 13.8 Å². The number of aryl methyl sites for hydroxylation is 1. The summed E-state index contributed by atoms with van der Waals surface area (Å²) in [5.74, 6) is 0.918. The molecule has 3 nitrogen and oxygen atoms in total. The maximum absolute atomic E-state index is 13.5. The van der Waals surface area contributed by atoms with E-state index in [2.05, 4.69) is 5.32 Å². The van der Waals surface area contributed by atoms with E-state index in [0.717, 1.165) is 17.7 Å². The number of halogens is 1. The standard InChI is InChI=1S/C15H21FN2OS/c1-10-6-11(16)8-12(7-10)18-15(13(17)19)9-20-5-4-14(15,2)3/h6-8,18H,4-5,9H2,1-3H3,(H2,17,19). The first-order chi connectivity index (χ1) is 9.27. The van der Waals surface area contributed by atoms with Gasteiger partial charge >= 0.3 is 0 Å². The Kier molecular flexibility index (Phi) is 4.00. The van der Waals surface area contributed by atoms with Gasteiger partial charge in [0.2, 0.25) is 5.91 Å². The van der Waals surface area contributed by atoms with E-state index >= 15 is 0 Å². The summed E-state index contributed by atoms with van der Waals surface area (Å²) in [4.78, 5) is 12.1. The van der Waals surface area contributed by atoms with Crippen LogP contribution in [-0.2, 0) is 4.79 Å². The van der Waals surface area contributed by atoms with Crippen molar-refractivity contribution in [1.82, 2.24) is 0 Å². The molecule has 1 unspecified atom stereocenters. The molecule has 1 aromatic carbocycles. The van der Waals surface area contributed by atoms with Crippen LogP contribution in [0, 0.1) is 18.2 Å². The van der Waals surface area contributed by atoms with Crippen molar-refractivity contribution in [1.29, 1.82) is 0 Å². The van der Waals surface area contributed by atoms with Crippen molar-refractivity contribution < 1.29 is 9.18 Å². The quantitative estimate of drug-likeness (QED) is 0.901. The van der Waals surface area contributed by atoms with E-state index in [4.69, 9.17) is 5.73 Å². The highest BCUT2D eigenvalue weighted by Crippen LogP contribution is 2.44. The second-order valence-electron chi connectivity index (χ2n) is 6.10. The summed E-state index contributed by atoms with van der Waals surface area (Å²) in [6.07, 6.45) is 0.891. The molecule has 110 valence electrons. The number of primary amides is 1. The number of thioether (sulfide) groups is 1. The minimum absolute atomic E-state index is 0.274. The summed E-state index contributed by atoms with van der Waals surface area (Å²) in [6, 6.07) is 4.71. The summed E-state index contributed by atoms with van der Waals surface area (Å²) >= 11 is 1.70. The normalized spacial score (nSPS) is 25.2. The van der Waals surface area contributed by atoms with Crippen LogP contribution >= 0.6 is 11.8 Å². The number of anilines is 1. The summed E-state index contributed by atoms with van der Waals surface area (Å²) < 4.78 is 13.5. The van der Waals surface area contributed by atoms with Gasteiger partial charge in [-0.15, -0.1) is 0 Å². The van der Waals surface area contributed by atoms with Gasteiger partial charge in [-0.25, -0.2) is 4.39 Å². The number of rotatable bonds is 3. The molecule has 0 radical (unpaired) electrons. The number of hydrogen-bond donors (Lipinski definition) is 2. The van der Waals surface area contributed by atoms with Crippen LogP contribution in [0.15, 0.2) is 18.2 Å². The highest BCUT2D eigenvalue weighted by atomic mass is 32.2. The summed E-state index contributed by atoms with van der Waals surface area (Å²) in [5.41, 5.74) is 5.99. The minimum Gasteiger partial charge on any atom is -0.370 e. The van der Waals surface area contributed by atoms with Crippen LogP contribution in [0.1, 0.15) is 25.8 Å². The topological polar surface area (TPSA) is 55.1 Å². The lowest BCUT2D eigenvalue weighted by Gasteiger charge is -2.48.